The molecule has 0 aliphatic carbocycles. The van der Waals surface area contributed by atoms with E-state index in [0.717, 1.165) is 48.4 Å². The number of nitrogens with one attached hydrogen (secondary N) is 2. The normalized spacial score (nSPS) is 16.3. The van der Waals surface area contributed by atoms with E-state index in [4.69, 9.17) is 4.98 Å². The predicted octanol–water partition coefficient (Wildman–Crippen LogP) is 4.70. The summed E-state index contributed by atoms with van der Waals surface area (Å²) < 4.78 is 1.08. The number of thiophene rings is 1. The van der Waals surface area contributed by atoms with Gasteiger partial charge in [-0.1, -0.05) is 12.7 Å². The Hall–Kier alpha value is -3.25. The van der Waals surface area contributed by atoms with Crippen LogP contribution in [0.5, 0.6) is 0 Å². The molecule has 1 atom stereocenters. The number of carbonyl (C=O) groups is 1. The zero-order valence-corrected chi connectivity index (χ0v) is 16.1. The standard InChI is InChI=1S/C22H18N4OS/c1-3-13-8-14(11-23-10-13)16-5-4-15-17(26-16)6-7-18-19(15)20-21(28-18)22(27)25-12(2)9-24-20/h3-8,10-12,24H,1,9H2,2H3,(H,25,27)/t12-/m1/s1. The largest absolute Gasteiger partial charge is 0.381 e. The van der Waals surface area contributed by atoms with E-state index in [9.17, 15) is 4.79 Å². The van der Waals surface area contributed by atoms with E-state index < -0.39 is 0 Å². The van der Waals surface area contributed by atoms with Crippen LogP contribution >= 0.6 is 11.3 Å². The molecule has 6 heteroatoms. The molecular formula is C22H18N4OS. The van der Waals surface area contributed by atoms with Crippen molar-refractivity contribution in [2.24, 2.45) is 0 Å². The first-order valence-corrected chi connectivity index (χ1v) is 9.94. The Morgan fingerprint density at radius 3 is 3.00 bits per heavy atom. The van der Waals surface area contributed by atoms with E-state index in [0.29, 0.717) is 6.54 Å². The van der Waals surface area contributed by atoms with Crippen LogP contribution in [0.1, 0.15) is 22.2 Å². The molecule has 0 bridgehead atoms. The lowest BCUT2D eigenvalue weighted by Gasteiger charge is -2.10. The van der Waals surface area contributed by atoms with Crippen LogP contribution in [-0.4, -0.2) is 28.5 Å². The zero-order valence-electron chi connectivity index (χ0n) is 15.3. The van der Waals surface area contributed by atoms with Crippen molar-refractivity contribution in [2.45, 2.75) is 13.0 Å². The summed E-state index contributed by atoms with van der Waals surface area (Å²) in [6, 6.07) is 10.3. The number of hydrogen-bond donors (Lipinski definition) is 2. The molecule has 0 spiro atoms. The van der Waals surface area contributed by atoms with Gasteiger partial charge in [-0.3, -0.25) is 9.78 Å². The van der Waals surface area contributed by atoms with Gasteiger partial charge in [0, 0.05) is 46.0 Å². The molecule has 1 aromatic carbocycles. The van der Waals surface area contributed by atoms with Gasteiger partial charge in [0.2, 0.25) is 0 Å². The van der Waals surface area contributed by atoms with Crippen molar-refractivity contribution >= 4 is 50.0 Å². The third kappa shape index (κ3) is 2.65. The van der Waals surface area contributed by atoms with Crippen LogP contribution in [0.25, 0.3) is 38.3 Å². The molecule has 1 aliphatic heterocycles. The van der Waals surface area contributed by atoms with Gasteiger partial charge in [-0.2, -0.15) is 0 Å². The van der Waals surface area contributed by atoms with Gasteiger partial charge in [0.15, 0.2) is 0 Å². The average molecular weight is 386 g/mol. The molecule has 0 saturated heterocycles. The summed E-state index contributed by atoms with van der Waals surface area (Å²) in [6.07, 6.45) is 5.36. The number of carbonyl (C=O) groups excluding carboxylic acids is 1. The Morgan fingerprint density at radius 1 is 1.25 bits per heavy atom. The number of nitrogens with zero attached hydrogens (tertiary/aromatic N) is 2. The molecule has 0 fully saturated rings. The first-order valence-electron chi connectivity index (χ1n) is 9.13. The molecule has 5 rings (SSSR count). The highest BCUT2D eigenvalue weighted by molar-refractivity contribution is 7.21. The lowest BCUT2D eigenvalue weighted by atomic mass is 10.1. The summed E-state index contributed by atoms with van der Waals surface area (Å²) in [5, 5.41) is 8.60. The maximum atomic E-state index is 12.5. The average Bonchev–Trinajstić information content (AvgIpc) is 3.04. The van der Waals surface area contributed by atoms with Crippen LogP contribution in [0.3, 0.4) is 0 Å². The van der Waals surface area contributed by atoms with Crippen molar-refractivity contribution in [2.75, 3.05) is 11.9 Å². The van der Waals surface area contributed by atoms with Gasteiger partial charge in [-0.15, -0.1) is 11.3 Å². The van der Waals surface area contributed by atoms with E-state index in [1.807, 2.05) is 37.4 Å². The molecule has 0 unspecified atom stereocenters. The van der Waals surface area contributed by atoms with Crippen molar-refractivity contribution in [3.63, 3.8) is 0 Å². The fourth-order valence-electron chi connectivity index (χ4n) is 3.60. The molecule has 0 radical (unpaired) electrons. The molecule has 28 heavy (non-hydrogen) atoms. The lowest BCUT2D eigenvalue weighted by molar-refractivity contribution is 0.0949. The quantitative estimate of drug-likeness (QED) is 0.524. The van der Waals surface area contributed by atoms with Gasteiger partial charge < -0.3 is 10.6 Å². The van der Waals surface area contributed by atoms with E-state index in [1.165, 1.54) is 11.3 Å². The van der Waals surface area contributed by atoms with Crippen LogP contribution in [0, 0.1) is 0 Å². The molecule has 1 aliphatic rings. The minimum absolute atomic E-state index is 0.0151. The second-order valence-electron chi connectivity index (χ2n) is 6.97. The predicted molar refractivity (Wildman–Crippen MR) is 116 cm³/mol. The summed E-state index contributed by atoms with van der Waals surface area (Å²) in [5.41, 5.74) is 4.59. The van der Waals surface area contributed by atoms with Crippen molar-refractivity contribution < 1.29 is 4.79 Å². The molecule has 2 N–H and O–H groups in total. The minimum Gasteiger partial charge on any atom is -0.381 e. The summed E-state index contributed by atoms with van der Waals surface area (Å²) in [6.45, 7) is 6.51. The second-order valence-corrected chi connectivity index (χ2v) is 8.03. The van der Waals surface area contributed by atoms with Gasteiger partial charge in [0.05, 0.1) is 16.9 Å². The maximum absolute atomic E-state index is 12.5. The fraction of sp³-hybridized carbons (Fsp3) is 0.136. The van der Waals surface area contributed by atoms with Crippen LogP contribution in [0.15, 0.2) is 49.3 Å². The smallest absolute Gasteiger partial charge is 0.263 e. The summed E-state index contributed by atoms with van der Waals surface area (Å²) in [4.78, 5) is 22.4. The summed E-state index contributed by atoms with van der Waals surface area (Å²) >= 11 is 1.52. The third-order valence-electron chi connectivity index (χ3n) is 4.98. The molecule has 5 nitrogen and oxygen atoms in total. The Labute approximate surface area is 166 Å². The minimum atomic E-state index is -0.0151. The zero-order chi connectivity index (χ0) is 19.3. The molecule has 1 amide bonds. The van der Waals surface area contributed by atoms with Crippen molar-refractivity contribution in [1.82, 2.24) is 15.3 Å². The molecule has 4 aromatic rings. The highest BCUT2D eigenvalue weighted by Gasteiger charge is 2.24. The second kappa shape index (κ2) is 6.42. The van der Waals surface area contributed by atoms with Crippen LogP contribution < -0.4 is 10.6 Å². The number of hydrogen-bond acceptors (Lipinski definition) is 5. The van der Waals surface area contributed by atoms with Crippen LogP contribution in [0.4, 0.5) is 5.69 Å². The number of rotatable bonds is 2. The van der Waals surface area contributed by atoms with Crippen LogP contribution in [0.2, 0.25) is 0 Å². The van der Waals surface area contributed by atoms with Crippen molar-refractivity contribution in [3.8, 4) is 11.3 Å². The van der Waals surface area contributed by atoms with Gasteiger partial charge >= 0.3 is 0 Å². The number of aromatic nitrogens is 2. The first kappa shape index (κ1) is 16.9. The van der Waals surface area contributed by atoms with Crippen molar-refractivity contribution in [3.05, 3.63) is 59.7 Å². The van der Waals surface area contributed by atoms with Gasteiger partial charge in [0.25, 0.3) is 5.91 Å². The number of amides is 1. The van der Waals surface area contributed by atoms with Crippen molar-refractivity contribution in [1.29, 1.82) is 0 Å². The Kier molecular flexibility index (Phi) is 3.87. The number of benzene rings is 1. The molecule has 0 saturated carbocycles. The van der Waals surface area contributed by atoms with Gasteiger partial charge in [-0.05, 0) is 42.8 Å². The van der Waals surface area contributed by atoms with E-state index in [-0.39, 0.29) is 11.9 Å². The molecule has 4 heterocycles. The van der Waals surface area contributed by atoms with Gasteiger partial charge in [-0.25, -0.2) is 4.98 Å². The Balaban J connectivity index is 1.71. The third-order valence-corrected chi connectivity index (χ3v) is 6.14. The molecule has 138 valence electrons. The van der Waals surface area contributed by atoms with E-state index in [2.05, 4.69) is 28.3 Å². The monoisotopic (exact) mass is 386 g/mol. The lowest BCUT2D eigenvalue weighted by Crippen LogP contribution is -2.34. The number of fused-ring (bicyclic) bond motifs is 5. The topological polar surface area (TPSA) is 66.9 Å². The Bertz CT molecular complexity index is 1260. The summed E-state index contributed by atoms with van der Waals surface area (Å²) in [5.74, 6) is -0.0151. The summed E-state index contributed by atoms with van der Waals surface area (Å²) in [7, 11) is 0. The highest BCUT2D eigenvalue weighted by Crippen LogP contribution is 2.41. The Morgan fingerprint density at radius 2 is 2.14 bits per heavy atom. The maximum Gasteiger partial charge on any atom is 0.263 e. The number of anilines is 1. The first-order chi connectivity index (χ1) is 13.6. The van der Waals surface area contributed by atoms with Gasteiger partial charge in [0.1, 0.15) is 4.88 Å². The van der Waals surface area contributed by atoms with E-state index >= 15 is 0 Å². The van der Waals surface area contributed by atoms with Crippen LogP contribution in [-0.2, 0) is 0 Å². The molecular weight excluding hydrogens is 368 g/mol. The number of pyridine rings is 2. The fourth-order valence-corrected chi connectivity index (χ4v) is 4.69. The van der Waals surface area contributed by atoms with E-state index in [1.54, 1.807) is 12.3 Å². The molecule has 3 aromatic heterocycles. The highest BCUT2D eigenvalue weighted by atomic mass is 32.1. The SMILES string of the molecule is C=Cc1cncc(-c2ccc3c(ccc4sc5c(c43)NC[C@@H](C)NC5=O)n2)c1.